The average molecular weight is 364 g/mol. The predicted octanol–water partition coefficient (Wildman–Crippen LogP) is 1.84. The molecule has 0 saturated heterocycles. The summed E-state index contributed by atoms with van der Waals surface area (Å²) in [6, 6.07) is 2.96. The molecule has 1 atom stereocenters. The van der Waals surface area contributed by atoms with Gasteiger partial charge in [-0.25, -0.2) is 13.1 Å². The monoisotopic (exact) mass is 364 g/mol. The topological polar surface area (TPSA) is 98.5 Å². The molecular weight excluding hydrogens is 344 g/mol. The zero-order chi connectivity index (χ0) is 18.5. The van der Waals surface area contributed by atoms with Crippen LogP contribution in [0.4, 0.5) is 0 Å². The second-order valence-corrected chi connectivity index (χ2v) is 8.30. The number of carbonyl (C=O) groups is 1. The molecule has 134 valence electrons. The van der Waals surface area contributed by atoms with E-state index in [1.165, 1.54) is 23.9 Å². The number of nitrogens with zero attached hydrogens (tertiary/aromatic N) is 2. The van der Waals surface area contributed by atoms with Crippen LogP contribution in [0.15, 0.2) is 17.0 Å². The van der Waals surface area contributed by atoms with Gasteiger partial charge >= 0.3 is 0 Å². The minimum Gasteiger partial charge on any atom is -0.493 e. The zero-order valence-electron chi connectivity index (χ0n) is 14.5. The Kier molecular flexibility index (Phi) is 4.20. The fraction of sp³-hybridized carbons (Fsp3) is 0.412. The van der Waals surface area contributed by atoms with E-state index in [2.05, 4.69) is 5.10 Å². The first-order valence-corrected chi connectivity index (χ1v) is 9.50. The summed E-state index contributed by atoms with van der Waals surface area (Å²) in [6.07, 6.45) is -0.0311. The summed E-state index contributed by atoms with van der Waals surface area (Å²) in [5.74, 6) is -0.579. The molecule has 3 rings (SSSR count). The van der Waals surface area contributed by atoms with Crippen molar-refractivity contribution in [3.63, 3.8) is 0 Å². The van der Waals surface area contributed by atoms with Gasteiger partial charge in [0.1, 0.15) is 5.56 Å². The summed E-state index contributed by atoms with van der Waals surface area (Å²) in [4.78, 5) is 13.2. The molecule has 0 saturated carbocycles. The lowest BCUT2D eigenvalue weighted by molar-refractivity contribution is 0.0952. The Morgan fingerprint density at radius 3 is 2.60 bits per heavy atom. The first kappa shape index (κ1) is 17.6. The Hall–Kier alpha value is -2.19. The van der Waals surface area contributed by atoms with Gasteiger partial charge in [-0.15, -0.1) is 0 Å². The number of sulfone groups is 1. The number of hydrogen-bond acceptors (Lipinski definition) is 6. The van der Waals surface area contributed by atoms with E-state index >= 15 is 0 Å². The predicted molar refractivity (Wildman–Crippen MR) is 90.6 cm³/mol. The molecule has 1 unspecified atom stereocenters. The van der Waals surface area contributed by atoms with Crippen molar-refractivity contribution < 1.29 is 23.1 Å². The van der Waals surface area contributed by atoms with E-state index in [1.54, 1.807) is 20.9 Å². The average Bonchev–Trinajstić information content (AvgIpc) is 2.80. The highest BCUT2D eigenvalue weighted by atomic mass is 32.2. The van der Waals surface area contributed by atoms with Crippen molar-refractivity contribution in [2.45, 2.75) is 31.3 Å². The molecule has 2 heterocycles. The van der Waals surface area contributed by atoms with Crippen molar-refractivity contribution in [1.29, 1.82) is 0 Å². The fourth-order valence-electron chi connectivity index (χ4n) is 3.42. The molecule has 0 bridgehead atoms. The maximum Gasteiger partial charge on any atom is 0.220 e. The van der Waals surface area contributed by atoms with E-state index in [1.807, 2.05) is 0 Å². The molecule has 8 heteroatoms. The third-order valence-electron chi connectivity index (χ3n) is 4.73. The van der Waals surface area contributed by atoms with Gasteiger partial charge in [0.15, 0.2) is 9.84 Å². The molecule has 1 aliphatic rings. The quantitative estimate of drug-likeness (QED) is 0.835. The minimum absolute atomic E-state index is 0.0216. The molecule has 1 N–H and O–H groups in total. The van der Waals surface area contributed by atoms with Gasteiger partial charge in [0.25, 0.3) is 0 Å². The third-order valence-corrected chi connectivity index (χ3v) is 6.53. The standard InChI is InChI=1S/C17H20N2O5S/c1-9-11(16(20)15-10(2)18-19(3)17(15)21)5-6-13-14(9)12(24-4)7-8-25(13,22)23/h5-6,12,21H,7-8H2,1-4H3. The fourth-order valence-corrected chi connectivity index (χ4v) is 5.06. The summed E-state index contributed by atoms with van der Waals surface area (Å²) >= 11 is 0. The second kappa shape index (κ2) is 5.96. The lowest BCUT2D eigenvalue weighted by Gasteiger charge is -2.27. The van der Waals surface area contributed by atoms with Crippen LogP contribution < -0.4 is 0 Å². The van der Waals surface area contributed by atoms with E-state index < -0.39 is 9.84 Å². The van der Waals surface area contributed by atoms with Crippen molar-refractivity contribution in [2.24, 2.45) is 7.05 Å². The molecule has 1 aromatic heterocycles. The van der Waals surface area contributed by atoms with Crippen LogP contribution in [0, 0.1) is 13.8 Å². The number of rotatable bonds is 3. The first-order chi connectivity index (χ1) is 11.7. The van der Waals surface area contributed by atoms with Crippen LogP contribution in [-0.2, 0) is 21.6 Å². The van der Waals surface area contributed by atoms with Crippen molar-refractivity contribution in [2.75, 3.05) is 12.9 Å². The van der Waals surface area contributed by atoms with Gasteiger partial charge in [-0.05, 0) is 38.0 Å². The van der Waals surface area contributed by atoms with Crippen LogP contribution in [0.5, 0.6) is 5.88 Å². The molecule has 0 amide bonds. The molecule has 1 aromatic carbocycles. The Labute approximate surface area is 146 Å². The Morgan fingerprint density at radius 1 is 1.36 bits per heavy atom. The van der Waals surface area contributed by atoms with E-state index in [0.717, 1.165) is 0 Å². The maximum absolute atomic E-state index is 13.0. The van der Waals surface area contributed by atoms with E-state index in [4.69, 9.17) is 4.74 Å². The van der Waals surface area contributed by atoms with Gasteiger partial charge in [-0.2, -0.15) is 5.10 Å². The summed E-state index contributed by atoms with van der Waals surface area (Å²) in [5, 5.41) is 14.2. The van der Waals surface area contributed by atoms with Crippen LogP contribution in [0.3, 0.4) is 0 Å². The van der Waals surface area contributed by atoms with E-state index in [9.17, 15) is 18.3 Å². The highest BCUT2D eigenvalue weighted by Crippen LogP contribution is 2.38. The molecular formula is C17H20N2O5S. The number of ketones is 1. The summed E-state index contributed by atoms with van der Waals surface area (Å²) < 4.78 is 31.4. The lowest BCUT2D eigenvalue weighted by Crippen LogP contribution is -2.23. The number of aryl methyl sites for hydroxylation is 2. The molecule has 0 aliphatic carbocycles. The number of carbonyl (C=O) groups excluding carboxylic acids is 1. The number of aromatic nitrogens is 2. The molecule has 0 radical (unpaired) electrons. The van der Waals surface area contributed by atoms with Crippen molar-refractivity contribution in [3.05, 3.63) is 40.1 Å². The Balaban J connectivity index is 2.21. The Morgan fingerprint density at radius 2 is 2.04 bits per heavy atom. The van der Waals surface area contributed by atoms with Gasteiger partial charge in [-0.3, -0.25) is 4.79 Å². The van der Waals surface area contributed by atoms with Crippen LogP contribution in [0.25, 0.3) is 0 Å². The number of aromatic hydroxyl groups is 1. The Bertz CT molecular complexity index is 975. The SMILES string of the molecule is COC1CCS(=O)(=O)c2ccc(C(=O)c3c(C)nn(C)c3O)c(C)c21. The van der Waals surface area contributed by atoms with Gasteiger partial charge < -0.3 is 9.84 Å². The summed E-state index contributed by atoms with van der Waals surface area (Å²) in [6.45, 7) is 3.35. The third kappa shape index (κ3) is 2.65. The van der Waals surface area contributed by atoms with Crippen LogP contribution in [0.1, 0.15) is 45.3 Å². The van der Waals surface area contributed by atoms with Gasteiger partial charge in [0.2, 0.25) is 11.7 Å². The van der Waals surface area contributed by atoms with E-state index in [-0.39, 0.29) is 34.0 Å². The minimum atomic E-state index is -3.38. The smallest absolute Gasteiger partial charge is 0.220 e. The molecule has 0 fully saturated rings. The van der Waals surface area contributed by atoms with Crippen molar-refractivity contribution >= 4 is 15.6 Å². The summed E-state index contributed by atoms with van der Waals surface area (Å²) in [5.41, 5.74) is 1.96. The van der Waals surface area contributed by atoms with Gasteiger partial charge in [-0.1, -0.05) is 0 Å². The highest BCUT2D eigenvalue weighted by Gasteiger charge is 2.34. The second-order valence-electron chi connectivity index (χ2n) is 6.22. The highest BCUT2D eigenvalue weighted by molar-refractivity contribution is 7.91. The first-order valence-electron chi connectivity index (χ1n) is 7.85. The molecule has 2 aromatic rings. The number of fused-ring (bicyclic) bond motifs is 1. The number of methoxy groups -OCH3 is 1. The molecule has 1 aliphatic heterocycles. The van der Waals surface area contributed by atoms with Crippen LogP contribution >= 0.6 is 0 Å². The summed E-state index contributed by atoms with van der Waals surface area (Å²) in [7, 11) is -0.311. The van der Waals surface area contributed by atoms with Crippen LogP contribution in [-0.4, -0.2) is 42.0 Å². The number of hydrogen-bond donors (Lipinski definition) is 1. The number of benzene rings is 1. The molecule has 7 nitrogen and oxygen atoms in total. The lowest BCUT2D eigenvalue weighted by atomic mass is 9.92. The molecule has 0 spiro atoms. The van der Waals surface area contributed by atoms with E-state index in [0.29, 0.717) is 28.8 Å². The normalized spacial score (nSPS) is 18.8. The largest absolute Gasteiger partial charge is 0.493 e. The molecule has 25 heavy (non-hydrogen) atoms. The van der Waals surface area contributed by atoms with Crippen LogP contribution in [0.2, 0.25) is 0 Å². The van der Waals surface area contributed by atoms with Gasteiger partial charge in [0.05, 0.1) is 22.4 Å². The zero-order valence-corrected chi connectivity index (χ0v) is 15.3. The maximum atomic E-state index is 13.0. The van der Waals surface area contributed by atoms with Crippen molar-refractivity contribution in [1.82, 2.24) is 9.78 Å². The van der Waals surface area contributed by atoms with Crippen molar-refractivity contribution in [3.8, 4) is 5.88 Å². The number of ether oxygens (including phenoxy) is 1. The van der Waals surface area contributed by atoms with Gasteiger partial charge in [0, 0.05) is 25.3 Å².